The van der Waals surface area contributed by atoms with E-state index in [0.29, 0.717) is 11.8 Å². The highest BCUT2D eigenvalue weighted by Crippen LogP contribution is 2.35. The van der Waals surface area contributed by atoms with Gasteiger partial charge in [-0.2, -0.15) is 0 Å². The highest BCUT2D eigenvalue weighted by atomic mass is 16.5. The predicted octanol–water partition coefficient (Wildman–Crippen LogP) is 9.97. The van der Waals surface area contributed by atoms with E-state index >= 15 is 0 Å². The minimum atomic E-state index is 0.692. The molecule has 0 N–H and O–H groups in total. The lowest BCUT2D eigenvalue weighted by Crippen LogP contribution is -2.08. The van der Waals surface area contributed by atoms with Crippen LogP contribution in [0, 0.1) is 11.8 Å². The van der Waals surface area contributed by atoms with Crippen LogP contribution in [0.1, 0.15) is 113 Å². The van der Waals surface area contributed by atoms with Crippen molar-refractivity contribution in [2.75, 3.05) is 13.2 Å². The number of benzene rings is 2. The smallest absolute Gasteiger partial charge is 0.0503 e. The quantitative estimate of drug-likeness (QED) is 0.209. The molecular weight excluding hydrogens is 448 g/mol. The third kappa shape index (κ3) is 8.99. The maximum Gasteiger partial charge on any atom is 0.0503 e. The average Bonchev–Trinajstić information content (AvgIpc) is 2.90. The standard InChI is InChI=1S/C36H50O/c1-27(2)25-31-9-17-35(18-10-31)33-13-5-29(6-14-33)21-23-37-24-22-30-7-15-34(16-8-30)36-19-11-32(12-20-36)26-28(3)4/h5,7,9-12,17-20,27-28,33-34H,6,8,13-16,21-26H2,1-4H3. The second-order valence-electron chi connectivity index (χ2n) is 12.5. The number of hydrogen-bond donors (Lipinski definition) is 0. The number of rotatable bonds is 12. The van der Waals surface area contributed by atoms with Crippen LogP contribution >= 0.6 is 0 Å². The SMILES string of the molecule is CC(C)Cc1ccc(C2CC=C(CCOCCC3=CCC(c4ccc(CC(C)C)cc4)CC3)CC2)cc1. The van der Waals surface area contributed by atoms with Crippen molar-refractivity contribution in [1.29, 1.82) is 0 Å². The monoisotopic (exact) mass is 498 g/mol. The Bertz CT molecular complexity index is 922. The molecule has 1 nitrogen and oxygen atoms in total. The Morgan fingerprint density at radius 1 is 0.622 bits per heavy atom. The van der Waals surface area contributed by atoms with E-state index in [0.717, 1.165) is 37.9 Å². The van der Waals surface area contributed by atoms with E-state index in [1.165, 1.54) is 73.6 Å². The van der Waals surface area contributed by atoms with Gasteiger partial charge in [0.1, 0.15) is 0 Å². The van der Waals surface area contributed by atoms with E-state index in [1.807, 2.05) is 0 Å². The van der Waals surface area contributed by atoms with Gasteiger partial charge in [0.05, 0.1) is 13.2 Å². The molecule has 2 unspecified atom stereocenters. The van der Waals surface area contributed by atoms with Gasteiger partial charge in [-0.25, -0.2) is 0 Å². The summed E-state index contributed by atoms with van der Waals surface area (Å²) in [7, 11) is 0. The molecule has 0 spiro atoms. The second-order valence-corrected chi connectivity index (χ2v) is 12.5. The zero-order chi connectivity index (χ0) is 26.0. The third-order valence-corrected chi connectivity index (χ3v) is 8.34. The van der Waals surface area contributed by atoms with Crippen LogP contribution in [0.2, 0.25) is 0 Å². The summed E-state index contributed by atoms with van der Waals surface area (Å²) in [6, 6.07) is 18.9. The summed E-state index contributed by atoms with van der Waals surface area (Å²) in [5, 5.41) is 0. The molecule has 0 amide bonds. The molecule has 37 heavy (non-hydrogen) atoms. The Labute approximate surface area is 227 Å². The molecule has 4 rings (SSSR count). The van der Waals surface area contributed by atoms with Gasteiger partial charge in [-0.3, -0.25) is 0 Å². The molecule has 0 heterocycles. The zero-order valence-electron chi connectivity index (χ0n) is 24.0. The third-order valence-electron chi connectivity index (χ3n) is 8.34. The molecule has 0 aromatic heterocycles. The molecule has 2 aromatic rings. The number of hydrogen-bond acceptors (Lipinski definition) is 1. The predicted molar refractivity (Wildman–Crippen MR) is 159 cm³/mol. The Morgan fingerprint density at radius 2 is 1.03 bits per heavy atom. The number of ether oxygens (including phenoxy) is 1. The van der Waals surface area contributed by atoms with E-state index < -0.39 is 0 Å². The summed E-state index contributed by atoms with van der Waals surface area (Å²) in [5.74, 6) is 2.83. The maximum atomic E-state index is 6.07. The van der Waals surface area contributed by atoms with Gasteiger partial charge in [0.15, 0.2) is 0 Å². The van der Waals surface area contributed by atoms with Crippen LogP contribution in [0.3, 0.4) is 0 Å². The van der Waals surface area contributed by atoms with Crippen molar-refractivity contribution >= 4 is 0 Å². The van der Waals surface area contributed by atoms with Gasteiger partial charge >= 0.3 is 0 Å². The summed E-state index contributed by atoms with van der Waals surface area (Å²) in [6.07, 6.45) is 17.0. The minimum Gasteiger partial charge on any atom is -0.381 e. The van der Waals surface area contributed by atoms with Crippen molar-refractivity contribution < 1.29 is 4.74 Å². The first kappa shape index (κ1) is 27.9. The van der Waals surface area contributed by atoms with Crippen molar-refractivity contribution in [3.63, 3.8) is 0 Å². The summed E-state index contributed by atoms with van der Waals surface area (Å²) >= 11 is 0. The van der Waals surface area contributed by atoms with Gasteiger partial charge in [0.25, 0.3) is 0 Å². The highest BCUT2D eigenvalue weighted by molar-refractivity contribution is 5.29. The zero-order valence-corrected chi connectivity index (χ0v) is 24.0. The molecule has 2 aliphatic carbocycles. The molecule has 0 fully saturated rings. The Balaban J connectivity index is 1.11. The van der Waals surface area contributed by atoms with Gasteiger partial charge < -0.3 is 4.74 Å². The fraction of sp³-hybridized carbons (Fsp3) is 0.556. The van der Waals surface area contributed by atoms with Gasteiger partial charge in [0.2, 0.25) is 0 Å². The summed E-state index contributed by atoms with van der Waals surface area (Å²) in [4.78, 5) is 0. The lowest BCUT2D eigenvalue weighted by Gasteiger charge is -2.23. The summed E-state index contributed by atoms with van der Waals surface area (Å²) < 4.78 is 6.07. The second kappa shape index (κ2) is 14.1. The first-order valence-corrected chi connectivity index (χ1v) is 15.1. The summed E-state index contributed by atoms with van der Waals surface area (Å²) in [5.41, 5.74) is 9.19. The molecule has 200 valence electrons. The van der Waals surface area contributed by atoms with Crippen molar-refractivity contribution in [2.45, 2.75) is 104 Å². The fourth-order valence-electron chi connectivity index (χ4n) is 6.14. The van der Waals surface area contributed by atoms with Crippen LogP contribution in [-0.4, -0.2) is 13.2 Å². The molecule has 2 atom stereocenters. The van der Waals surface area contributed by atoms with Gasteiger partial charge in [-0.05, 0) is 110 Å². The van der Waals surface area contributed by atoms with Gasteiger partial charge in [-0.1, -0.05) is 99.5 Å². The van der Waals surface area contributed by atoms with E-state index in [9.17, 15) is 0 Å². The van der Waals surface area contributed by atoms with Crippen LogP contribution < -0.4 is 0 Å². The molecule has 2 aliphatic rings. The molecule has 0 aliphatic heterocycles. The van der Waals surface area contributed by atoms with Crippen LogP contribution in [0.4, 0.5) is 0 Å². The van der Waals surface area contributed by atoms with E-state index in [4.69, 9.17) is 4.74 Å². The Hall–Kier alpha value is -2.12. The van der Waals surface area contributed by atoms with Crippen molar-refractivity contribution in [1.82, 2.24) is 0 Å². The molecule has 1 heteroatoms. The van der Waals surface area contributed by atoms with E-state index in [2.05, 4.69) is 88.4 Å². The largest absolute Gasteiger partial charge is 0.381 e. The Morgan fingerprint density at radius 3 is 1.35 bits per heavy atom. The molecule has 2 aromatic carbocycles. The van der Waals surface area contributed by atoms with Gasteiger partial charge in [0, 0.05) is 0 Å². The minimum absolute atomic E-state index is 0.692. The van der Waals surface area contributed by atoms with Crippen molar-refractivity contribution in [3.05, 3.63) is 94.1 Å². The molecule has 0 saturated carbocycles. The van der Waals surface area contributed by atoms with E-state index in [-0.39, 0.29) is 0 Å². The first-order valence-electron chi connectivity index (χ1n) is 15.1. The highest BCUT2D eigenvalue weighted by Gasteiger charge is 2.18. The lowest BCUT2D eigenvalue weighted by molar-refractivity contribution is 0.138. The summed E-state index contributed by atoms with van der Waals surface area (Å²) in [6.45, 7) is 10.9. The fourth-order valence-corrected chi connectivity index (χ4v) is 6.14. The van der Waals surface area contributed by atoms with Crippen molar-refractivity contribution in [3.8, 4) is 0 Å². The van der Waals surface area contributed by atoms with Crippen LogP contribution in [-0.2, 0) is 17.6 Å². The normalized spacial score (nSPS) is 20.3. The maximum absolute atomic E-state index is 6.07. The van der Waals surface area contributed by atoms with Crippen LogP contribution in [0.25, 0.3) is 0 Å². The topological polar surface area (TPSA) is 9.23 Å². The molecular formula is C36H50O. The lowest BCUT2D eigenvalue weighted by atomic mass is 9.83. The first-order chi connectivity index (χ1) is 18.0. The van der Waals surface area contributed by atoms with E-state index in [1.54, 1.807) is 11.1 Å². The Kier molecular flexibility index (Phi) is 10.7. The molecule has 0 radical (unpaired) electrons. The number of allylic oxidation sites excluding steroid dienone is 2. The average molecular weight is 499 g/mol. The molecule has 0 saturated heterocycles. The van der Waals surface area contributed by atoms with Crippen LogP contribution in [0.15, 0.2) is 71.8 Å². The van der Waals surface area contributed by atoms with Gasteiger partial charge in [-0.15, -0.1) is 0 Å². The molecule has 0 bridgehead atoms. The van der Waals surface area contributed by atoms with Crippen LogP contribution in [0.5, 0.6) is 0 Å². The van der Waals surface area contributed by atoms with Crippen molar-refractivity contribution in [2.24, 2.45) is 11.8 Å².